The number of hydrogen-bond acceptors (Lipinski definition) is 4. The van der Waals surface area contributed by atoms with E-state index in [-0.39, 0.29) is 11.5 Å². The van der Waals surface area contributed by atoms with E-state index in [1.165, 1.54) is 13.0 Å². The number of carbonyl (C=O) groups excluding carboxylic acids is 1. The van der Waals surface area contributed by atoms with Crippen LogP contribution in [0.2, 0.25) is 0 Å². The molecule has 0 saturated carbocycles. The van der Waals surface area contributed by atoms with Crippen LogP contribution in [0.4, 0.5) is 17.1 Å². The van der Waals surface area contributed by atoms with Gasteiger partial charge in [0.15, 0.2) is 5.78 Å². The second-order valence-electron chi connectivity index (χ2n) is 4.03. The summed E-state index contributed by atoms with van der Waals surface area (Å²) >= 11 is 0. The number of benzene rings is 2. The lowest BCUT2D eigenvalue weighted by molar-refractivity contribution is -0.383. The Balaban J connectivity index is 2.26. The number of nitrogens with zero attached hydrogens (tertiary/aromatic N) is 1. The van der Waals surface area contributed by atoms with E-state index in [4.69, 9.17) is 0 Å². The zero-order valence-electron chi connectivity index (χ0n) is 10.3. The van der Waals surface area contributed by atoms with Gasteiger partial charge in [0.05, 0.1) is 4.92 Å². The number of anilines is 2. The summed E-state index contributed by atoms with van der Waals surface area (Å²) in [4.78, 5) is 21.6. The lowest BCUT2D eigenvalue weighted by atomic mass is 10.1. The fourth-order valence-electron chi connectivity index (χ4n) is 1.68. The van der Waals surface area contributed by atoms with Gasteiger partial charge in [-0.15, -0.1) is 0 Å². The molecule has 0 aliphatic heterocycles. The molecular formula is C14H12N2O3. The highest BCUT2D eigenvalue weighted by molar-refractivity contribution is 5.94. The van der Waals surface area contributed by atoms with E-state index in [0.717, 1.165) is 0 Å². The molecule has 96 valence electrons. The van der Waals surface area contributed by atoms with Crippen molar-refractivity contribution in [3.63, 3.8) is 0 Å². The summed E-state index contributed by atoms with van der Waals surface area (Å²) in [5, 5.41) is 13.8. The summed E-state index contributed by atoms with van der Waals surface area (Å²) < 4.78 is 0. The Hall–Kier alpha value is -2.69. The van der Waals surface area contributed by atoms with Crippen molar-refractivity contribution in [2.45, 2.75) is 6.92 Å². The van der Waals surface area contributed by atoms with E-state index in [9.17, 15) is 14.9 Å². The van der Waals surface area contributed by atoms with E-state index >= 15 is 0 Å². The van der Waals surface area contributed by atoms with Crippen molar-refractivity contribution in [2.75, 3.05) is 5.32 Å². The molecule has 0 atom stereocenters. The lowest BCUT2D eigenvalue weighted by Gasteiger charge is -2.07. The van der Waals surface area contributed by atoms with Crippen LogP contribution >= 0.6 is 0 Å². The Bertz CT molecular complexity index is 621. The van der Waals surface area contributed by atoms with Crippen LogP contribution in [0.25, 0.3) is 0 Å². The van der Waals surface area contributed by atoms with E-state index < -0.39 is 4.92 Å². The minimum atomic E-state index is -0.438. The summed E-state index contributed by atoms with van der Waals surface area (Å²) in [6, 6.07) is 13.2. The molecule has 2 aromatic rings. The Morgan fingerprint density at radius 3 is 2.32 bits per heavy atom. The van der Waals surface area contributed by atoms with Gasteiger partial charge in [-0.2, -0.15) is 0 Å². The van der Waals surface area contributed by atoms with Crippen molar-refractivity contribution in [3.8, 4) is 0 Å². The van der Waals surface area contributed by atoms with E-state index in [0.29, 0.717) is 16.9 Å². The van der Waals surface area contributed by atoms with Gasteiger partial charge in [0, 0.05) is 17.3 Å². The van der Waals surface area contributed by atoms with Gasteiger partial charge < -0.3 is 5.32 Å². The molecule has 19 heavy (non-hydrogen) atoms. The first-order chi connectivity index (χ1) is 9.08. The van der Waals surface area contributed by atoms with Crippen molar-refractivity contribution >= 4 is 22.8 Å². The zero-order valence-corrected chi connectivity index (χ0v) is 10.3. The van der Waals surface area contributed by atoms with Crippen LogP contribution in [0.1, 0.15) is 17.3 Å². The van der Waals surface area contributed by atoms with Crippen molar-refractivity contribution in [3.05, 3.63) is 64.2 Å². The number of nitro groups is 1. The third-order valence-electron chi connectivity index (χ3n) is 2.67. The average molecular weight is 256 g/mol. The summed E-state index contributed by atoms with van der Waals surface area (Å²) in [6.45, 7) is 1.49. The minimum absolute atomic E-state index is 0.0122. The second-order valence-corrected chi connectivity index (χ2v) is 4.03. The van der Waals surface area contributed by atoms with Crippen LogP contribution in [0.5, 0.6) is 0 Å². The maximum absolute atomic E-state index is 11.1. The average Bonchev–Trinajstić information content (AvgIpc) is 2.39. The van der Waals surface area contributed by atoms with Gasteiger partial charge >= 0.3 is 0 Å². The molecule has 0 fully saturated rings. The number of nitrogens with one attached hydrogen (secondary N) is 1. The molecule has 1 N–H and O–H groups in total. The topological polar surface area (TPSA) is 72.2 Å². The first-order valence-corrected chi connectivity index (χ1v) is 5.69. The molecule has 0 heterocycles. The van der Waals surface area contributed by atoms with Gasteiger partial charge in [-0.25, -0.2) is 0 Å². The number of para-hydroxylation sites is 2. The van der Waals surface area contributed by atoms with Gasteiger partial charge in [0.1, 0.15) is 5.69 Å². The van der Waals surface area contributed by atoms with E-state index in [1.54, 1.807) is 42.5 Å². The van der Waals surface area contributed by atoms with Crippen LogP contribution in [-0.2, 0) is 0 Å². The molecule has 0 unspecified atom stereocenters. The predicted octanol–water partition coefficient (Wildman–Crippen LogP) is 3.54. The third-order valence-corrected chi connectivity index (χ3v) is 2.67. The Kier molecular flexibility index (Phi) is 3.56. The molecule has 5 heteroatoms. The smallest absolute Gasteiger partial charge is 0.292 e. The molecule has 5 nitrogen and oxygen atoms in total. The normalized spacial score (nSPS) is 9.95. The molecule has 2 aromatic carbocycles. The number of nitro benzene ring substituents is 1. The van der Waals surface area contributed by atoms with Gasteiger partial charge in [-0.3, -0.25) is 14.9 Å². The molecule has 2 rings (SSSR count). The van der Waals surface area contributed by atoms with Gasteiger partial charge in [0.2, 0.25) is 0 Å². The number of ketones is 1. The number of rotatable bonds is 4. The van der Waals surface area contributed by atoms with Crippen molar-refractivity contribution in [1.29, 1.82) is 0 Å². The SMILES string of the molecule is CC(=O)c1ccc(Nc2ccccc2[N+](=O)[O-])cc1. The molecule has 0 aromatic heterocycles. The standard InChI is InChI=1S/C14H12N2O3/c1-10(17)11-6-8-12(9-7-11)15-13-4-2-3-5-14(13)16(18)19/h2-9,15H,1H3. The molecule has 0 spiro atoms. The van der Waals surface area contributed by atoms with Crippen LogP contribution in [0.15, 0.2) is 48.5 Å². The molecule has 0 bridgehead atoms. The monoisotopic (exact) mass is 256 g/mol. The molecule has 0 saturated heterocycles. The maximum Gasteiger partial charge on any atom is 0.292 e. The Morgan fingerprint density at radius 1 is 1.11 bits per heavy atom. The van der Waals surface area contributed by atoms with Crippen LogP contribution in [0.3, 0.4) is 0 Å². The number of Topliss-reactive ketones (excluding diaryl/α,β-unsaturated/α-hetero) is 1. The van der Waals surface area contributed by atoms with Gasteiger partial charge in [0.25, 0.3) is 5.69 Å². The summed E-state index contributed by atoms with van der Waals surface area (Å²) in [6.07, 6.45) is 0. The fourth-order valence-corrected chi connectivity index (χ4v) is 1.68. The predicted molar refractivity (Wildman–Crippen MR) is 72.8 cm³/mol. The molecule has 0 amide bonds. The van der Waals surface area contributed by atoms with Crippen molar-refractivity contribution < 1.29 is 9.72 Å². The van der Waals surface area contributed by atoms with Crippen LogP contribution in [-0.4, -0.2) is 10.7 Å². The van der Waals surface area contributed by atoms with Crippen molar-refractivity contribution in [2.24, 2.45) is 0 Å². The minimum Gasteiger partial charge on any atom is -0.350 e. The summed E-state index contributed by atoms with van der Waals surface area (Å²) in [7, 11) is 0. The lowest BCUT2D eigenvalue weighted by Crippen LogP contribution is -1.97. The number of hydrogen-bond donors (Lipinski definition) is 1. The maximum atomic E-state index is 11.1. The second kappa shape index (κ2) is 5.30. The highest BCUT2D eigenvalue weighted by atomic mass is 16.6. The largest absolute Gasteiger partial charge is 0.350 e. The van der Waals surface area contributed by atoms with Crippen LogP contribution < -0.4 is 5.32 Å². The van der Waals surface area contributed by atoms with E-state index in [2.05, 4.69) is 5.32 Å². The highest BCUT2D eigenvalue weighted by Gasteiger charge is 2.12. The Labute approximate surface area is 110 Å². The molecule has 0 radical (unpaired) electrons. The molecule has 0 aliphatic rings. The first-order valence-electron chi connectivity index (χ1n) is 5.69. The van der Waals surface area contributed by atoms with E-state index in [1.807, 2.05) is 0 Å². The van der Waals surface area contributed by atoms with Gasteiger partial charge in [-0.1, -0.05) is 12.1 Å². The molecular weight excluding hydrogens is 244 g/mol. The summed E-state index contributed by atoms with van der Waals surface area (Å²) in [5.41, 5.74) is 1.73. The quantitative estimate of drug-likeness (QED) is 0.516. The fraction of sp³-hybridized carbons (Fsp3) is 0.0714. The highest BCUT2D eigenvalue weighted by Crippen LogP contribution is 2.26. The summed E-state index contributed by atoms with van der Waals surface area (Å²) in [5.74, 6) is -0.0164. The van der Waals surface area contributed by atoms with Crippen LogP contribution in [0, 0.1) is 10.1 Å². The number of carbonyl (C=O) groups is 1. The Morgan fingerprint density at radius 2 is 1.74 bits per heavy atom. The third kappa shape index (κ3) is 2.95. The van der Waals surface area contributed by atoms with Crippen molar-refractivity contribution in [1.82, 2.24) is 0 Å². The zero-order chi connectivity index (χ0) is 13.8. The van der Waals surface area contributed by atoms with Gasteiger partial charge in [-0.05, 0) is 37.3 Å². The first kappa shape index (κ1) is 12.8. The molecule has 0 aliphatic carbocycles.